The average Bonchev–Trinajstić information content (AvgIpc) is 2.55. The van der Waals surface area contributed by atoms with Gasteiger partial charge in [0, 0.05) is 13.1 Å². The number of phenolic OH excluding ortho intramolecular Hbond substituents is 1. The summed E-state index contributed by atoms with van der Waals surface area (Å²) in [5.74, 6) is -0.116. The number of benzene rings is 2. The van der Waals surface area contributed by atoms with E-state index in [0.717, 1.165) is 12.0 Å². The van der Waals surface area contributed by atoms with Crippen LogP contribution in [0.15, 0.2) is 48.5 Å². The molecular formula is C21H25NO3. The van der Waals surface area contributed by atoms with Gasteiger partial charge in [0.1, 0.15) is 5.75 Å². The highest BCUT2D eigenvalue weighted by molar-refractivity contribution is 5.97. The van der Waals surface area contributed by atoms with Gasteiger partial charge in [0.15, 0.2) is 0 Å². The quantitative estimate of drug-likeness (QED) is 0.929. The number of hydrogen-bond donors (Lipinski definition) is 1. The minimum atomic E-state index is -0.384. The van der Waals surface area contributed by atoms with E-state index in [0.29, 0.717) is 18.7 Å². The number of morpholine rings is 1. The molecule has 4 heteroatoms. The van der Waals surface area contributed by atoms with Gasteiger partial charge in [-0.2, -0.15) is 0 Å². The maximum absolute atomic E-state index is 13.0. The summed E-state index contributed by atoms with van der Waals surface area (Å²) in [6.45, 7) is 6.97. The lowest BCUT2D eigenvalue weighted by molar-refractivity contribution is -0.118. The summed E-state index contributed by atoms with van der Waals surface area (Å²) in [5.41, 5.74) is 2.16. The van der Waals surface area contributed by atoms with Crippen molar-refractivity contribution in [2.45, 2.75) is 38.9 Å². The largest absolute Gasteiger partial charge is 0.507 e. The number of carbonyl (C=O) groups is 1. The van der Waals surface area contributed by atoms with Crippen molar-refractivity contribution in [3.05, 3.63) is 65.2 Å². The number of carbonyl (C=O) groups excluding carboxylic acids is 1. The zero-order chi connectivity index (χ0) is 18.0. The van der Waals surface area contributed by atoms with E-state index in [-0.39, 0.29) is 23.4 Å². The first kappa shape index (κ1) is 17.5. The van der Waals surface area contributed by atoms with Gasteiger partial charge >= 0.3 is 0 Å². The van der Waals surface area contributed by atoms with Gasteiger partial charge in [0.25, 0.3) is 5.91 Å². The van der Waals surface area contributed by atoms with Crippen LogP contribution in [0.5, 0.6) is 5.75 Å². The van der Waals surface area contributed by atoms with Crippen molar-refractivity contribution in [2.75, 3.05) is 13.1 Å². The van der Waals surface area contributed by atoms with Crippen LogP contribution >= 0.6 is 0 Å². The number of nitrogens with zero attached hydrogens (tertiary/aromatic N) is 1. The predicted molar refractivity (Wildman–Crippen MR) is 97.9 cm³/mol. The fourth-order valence-electron chi connectivity index (χ4n) is 3.47. The Bertz CT molecular complexity index is 755. The van der Waals surface area contributed by atoms with E-state index in [1.54, 1.807) is 17.0 Å². The lowest BCUT2D eigenvalue weighted by Crippen LogP contribution is -2.53. The molecule has 3 rings (SSSR count). The SMILES string of the molecule is CC1CN(C(=O)c2cc(Cc3ccccc3)ccc2O)CC(C)(C)O1. The third-order valence-corrected chi connectivity index (χ3v) is 4.40. The van der Waals surface area contributed by atoms with Crippen molar-refractivity contribution in [3.63, 3.8) is 0 Å². The summed E-state index contributed by atoms with van der Waals surface area (Å²) >= 11 is 0. The van der Waals surface area contributed by atoms with E-state index in [9.17, 15) is 9.90 Å². The van der Waals surface area contributed by atoms with Gasteiger partial charge in [0.2, 0.25) is 0 Å². The molecule has 0 aliphatic carbocycles. The van der Waals surface area contributed by atoms with Crippen molar-refractivity contribution in [3.8, 4) is 5.75 Å². The van der Waals surface area contributed by atoms with Crippen LogP contribution in [0.25, 0.3) is 0 Å². The third kappa shape index (κ3) is 4.20. The molecule has 1 aliphatic heterocycles. The van der Waals surface area contributed by atoms with Gasteiger partial charge in [-0.25, -0.2) is 0 Å². The molecule has 0 bridgehead atoms. The van der Waals surface area contributed by atoms with Gasteiger partial charge < -0.3 is 14.7 Å². The fraction of sp³-hybridized carbons (Fsp3) is 0.381. The van der Waals surface area contributed by atoms with Crippen molar-refractivity contribution in [1.82, 2.24) is 4.90 Å². The number of amides is 1. The molecule has 1 aliphatic rings. The van der Waals surface area contributed by atoms with Gasteiger partial charge in [-0.05, 0) is 50.5 Å². The maximum atomic E-state index is 13.0. The van der Waals surface area contributed by atoms with Crippen molar-refractivity contribution in [1.29, 1.82) is 0 Å². The second-order valence-electron chi connectivity index (χ2n) is 7.39. The van der Waals surface area contributed by atoms with Crippen LogP contribution in [0.3, 0.4) is 0 Å². The Balaban J connectivity index is 1.83. The zero-order valence-corrected chi connectivity index (χ0v) is 15.0. The van der Waals surface area contributed by atoms with Crippen LogP contribution in [-0.4, -0.2) is 40.7 Å². The molecule has 1 heterocycles. The number of aromatic hydroxyl groups is 1. The first-order valence-corrected chi connectivity index (χ1v) is 8.67. The molecule has 1 unspecified atom stereocenters. The maximum Gasteiger partial charge on any atom is 0.257 e. The highest BCUT2D eigenvalue weighted by Gasteiger charge is 2.34. The number of hydrogen-bond acceptors (Lipinski definition) is 3. The van der Waals surface area contributed by atoms with Gasteiger partial charge in [-0.3, -0.25) is 4.79 Å². The molecule has 1 amide bonds. The predicted octanol–water partition coefficient (Wildman–Crippen LogP) is 3.62. The highest BCUT2D eigenvalue weighted by Crippen LogP contribution is 2.26. The summed E-state index contributed by atoms with van der Waals surface area (Å²) < 4.78 is 5.87. The second-order valence-corrected chi connectivity index (χ2v) is 7.39. The first-order chi connectivity index (χ1) is 11.8. The topological polar surface area (TPSA) is 49.8 Å². The molecular weight excluding hydrogens is 314 g/mol. The summed E-state index contributed by atoms with van der Waals surface area (Å²) in [7, 11) is 0. The molecule has 132 valence electrons. The second kappa shape index (κ2) is 6.89. The van der Waals surface area contributed by atoms with Gasteiger partial charge in [-0.1, -0.05) is 36.4 Å². The standard InChI is InChI=1S/C21H25NO3/c1-15-13-22(14-21(2,3)25-15)20(24)18-12-17(9-10-19(18)23)11-16-7-5-4-6-8-16/h4-10,12,15,23H,11,13-14H2,1-3H3. The highest BCUT2D eigenvalue weighted by atomic mass is 16.5. The minimum absolute atomic E-state index is 0.0256. The molecule has 1 atom stereocenters. The van der Waals surface area contributed by atoms with Crippen LogP contribution < -0.4 is 0 Å². The molecule has 0 radical (unpaired) electrons. The Kier molecular flexibility index (Phi) is 4.82. The van der Waals surface area contributed by atoms with E-state index in [4.69, 9.17) is 4.74 Å². The third-order valence-electron chi connectivity index (χ3n) is 4.40. The van der Waals surface area contributed by atoms with Crippen molar-refractivity contribution in [2.24, 2.45) is 0 Å². The Labute approximate surface area is 149 Å². The Morgan fingerprint density at radius 2 is 1.92 bits per heavy atom. The monoisotopic (exact) mass is 339 g/mol. The molecule has 0 spiro atoms. The number of phenols is 1. The molecule has 2 aromatic rings. The Morgan fingerprint density at radius 1 is 1.20 bits per heavy atom. The molecule has 1 fully saturated rings. The molecule has 25 heavy (non-hydrogen) atoms. The molecule has 1 N–H and O–H groups in total. The lowest BCUT2D eigenvalue weighted by atomic mass is 10.00. The van der Waals surface area contributed by atoms with Gasteiger partial charge in [-0.15, -0.1) is 0 Å². The van der Waals surface area contributed by atoms with E-state index in [1.165, 1.54) is 5.56 Å². The van der Waals surface area contributed by atoms with Crippen LogP contribution in [0.1, 0.15) is 42.3 Å². The summed E-state index contributed by atoms with van der Waals surface area (Å²) in [4.78, 5) is 14.7. The normalized spacial score (nSPS) is 19.6. The Morgan fingerprint density at radius 3 is 2.60 bits per heavy atom. The minimum Gasteiger partial charge on any atom is -0.507 e. The zero-order valence-electron chi connectivity index (χ0n) is 15.0. The molecule has 0 aromatic heterocycles. The molecule has 0 saturated carbocycles. The smallest absolute Gasteiger partial charge is 0.257 e. The van der Waals surface area contributed by atoms with Crippen LogP contribution in [0, 0.1) is 0 Å². The van der Waals surface area contributed by atoms with E-state index in [1.807, 2.05) is 45.0 Å². The fourth-order valence-corrected chi connectivity index (χ4v) is 3.47. The summed E-state index contributed by atoms with van der Waals surface area (Å²) in [6.07, 6.45) is 0.703. The summed E-state index contributed by atoms with van der Waals surface area (Å²) in [6, 6.07) is 15.4. The Hall–Kier alpha value is -2.33. The lowest BCUT2D eigenvalue weighted by Gasteiger charge is -2.41. The molecule has 4 nitrogen and oxygen atoms in total. The average molecular weight is 339 g/mol. The van der Waals surface area contributed by atoms with Crippen LogP contribution in [0.2, 0.25) is 0 Å². The van der Waals surface area contributed by atoms with Crippen LogP contribution in [-0.2, 0) is 11.2 Å². The van der Waals surface area contributed by atoms with Crippen LogP contribution in [0.4, 0.5) is 0 Å². The molecule has 1 saturated heterocycles. The van der Waals surface area contributed by atoms with E-state index >= 15 is 0 Å². The van der Waals surface area contributed by atoms with Crippen molar-refractivity contribution < 1.29 is 14.6 Å². The van der Waals surface area contributed by atoms with E-state index in [2.05, 4.69) is 12.1 Å². The molecule has 2 aromatic carbocycles. The number of rotatable bonds is 3. The van der Waals surface area contributed by atoms with Crippen molar-refractivity contribution >= 4 is 5.91 Å². The van der Waals surface area contributed by atoms with E-state index < -0.39 is 0 Å². The first-order valence-electron chi connectivity index (χ1n) is 8.67. The summed E-state index contributed by atoms with van der Waals surface area (Å²) in [5, 5.41) is 10.2. The number of ether oxygens (including phenoxy) is 1. The van der Waals surface area contributed by atoms with Gasteiger partial charge in [0.05, 0.1) is 17.3 Å².